The first-order valence-electron chi connectivity index (χ1n) is 9.91. The highest BCUT2D eigenvalue weighted by atomic mass is 127. The van der Waals surface area contributed by atoms with E-state index in [9.17, 15) is 9.59 Å². The second-order valence-corrected chi connectivity index (χ2v) is 6.98. The lowest BCUT2D eigenvalue weighted by molar-refractivity contribution is -0.124. The maximum absolute atomic E-state index is 11.6. The lowest BCUT2D eigenvalue weighted by atomic mass is 10.0. The van der Waals surface area contributed by atoms with Gasteiger partial charge in [-0.15, -0.1) is 24.0 Å². The summed E-state index contributed by atoms with van der Waals surface area (Å²) in [5, 5.41) is 9.24. The number of imide groups is 1. The van der Waals surface area contributed by atoms with E-state index in [4.69, 9.17) is 0 Å². The highest BCUT2D eigenvalue weighted by Gasteiger charge is 2.27. The van der Waals surface area contributed by atoms with E-state index in [-0.39, 0.29) is 42.5 Å². The predicted octanol–water partition coefficient (Wildman–Crippen LogP) is 0.771. The first-order chi connectivity index (χ1) is 13.7. The standard InChI is InChI=1S/C19H29N7O2.HI/c1-2-20-18(22-9-12-26-17(27)13-23-19(26)28)24-15-6-10-25(11-7-15)14-16-5-3-4-8-21-16;/h3-5,8,15H,2,6-7,9-14H2,1H3,(H,23,28)(H2,20,22,24);1H. The number of nitrogens with one attached hydrogen (secondary N) is 3. The lowest BCUT2D eigenvalue weighted by Gasteiger charge is -2.32. The Balaban J connectivity index is 0.00000300. The van der Waals surface area contributed by atoms with Gasteiger partial charge in [-0.3, -0.25) is 24.6 Å². The van der Waals surface area contributed by atoms with Gasteiger partial charge in [-0.2, -0.15) is 0 Å². The maximum Gasteiger partial charge on any atom is 0.324 e. The molecule has 1 aromatic heterocycles. The smallest absolute Gasteiger partial charge is 0.324 e. The summed E-state index contributed by atoms with van der Waals surface area (Å²) in [4.78, 5) is 35.7. The topological polar surface area (TPSA) is 102 Å². The molecule has 29 heavy (non-hydrogen) atoms. The second-order valence-electron chi connectivity index (χ2n) is 6.98. The zero-order chi connectivity index (χ0) is 19.8. The molecular weight excluding hydrogens is 485 g/mol. The van der Waals surface area contributed by atoms with Crippen molar-refractivity contribution in [2.24, 2.45) is 4.99 Å². The normalized spacial score (nSPS) is 18.4. The van der Waals surface area contributed by atoms with Gasteiger partial charge in [0.2, 0.25) is 5.91 Å². The van der Waals surface area contributed by atoms with E-state index < -0.39 is 0 Å². The minimum Gasteiger partial charge on any atom is -0.357 e. The summed E-state index contributed by atoms with van der Waals surface area (Å²) in [6.07, 6.45) is 3.90. The zero-order valence-electron chi connectivity index (χ0n) is 16.8. The summed E-state index contributed by atoms with van der Waals surface area (Å²) in [6, 6.07) is 6.04. The van der Waals surface area contributed by atoms with Gasteiger partial charge >= 0.3 is 6.03 Å². The minimum absolute atomic E-state index is 0. The van der Waals surface area contributed by atoms with Gasteiger partial charge in [0.1, 0.15) is 0 Å². The molecule has 2 aliphatic heterocycles. The van der Waals surface area contributed by atoms with Crippen LogP contribution >= 0.6 is 24.0 Å². The molecule has 3 N–H and O–H groups in total. The number of guanidine groups is 1. The van der Waals surface area contributed by atoms with Crippen molar-refractivity contribution in [3.63, 3.8) is 0 Å². The number of hydrogen-bond acceptors (Lipinski definition) is 5. The number of hydrogen-bond donors (Lipinski definition) is 3. The molecule has 0 bridgehead atoms. The summed E-state index contributed by atoms with van der Waals surface area (Å²) in [6.45, 7) is 6.44. The van der Waals surface area contributed by atoms with E-state index in [1.54, 1.807) is 0 Å². The van der Waals surface area contributed by atoms with E-state index in [0.717, 1.165) is 50.7 Å². The fourth-order valence-corrected chi connectivity index (χ4v) is 3.41. The summed E-state index contributed by atoms with van der Waals surface area (Å²) >= 11 is 0. The van der Waals surface area contributed by atoms with Crippen LogP contribution in [-0.2, 0) is 11.3 Å². The van der Waals surface area contributed by atoms with Crippen molar-refractivity contribution in [3.8, 4) is 0 Å². The number of amides is 3. The number of halogens is 1. The molecule has 3 amide bonds. The number of aliphatic imine (C=N–C) groups is 1. The molecule has 3 heterocycles. The number of piperidine rings is 1. The molecule has 1 aromatic rings. The lowest BCUT2D eigenvalue weighted by Crippen LogP contribution is -2.48. The van der Waals surface area contributed by atoms with Crippen molar-refractivity contribution in [3.05, 3.63) is 30.1 Å². The third kappa shape index (κ3) is 7.11. The Kier molecular flexibility index (Phi) is 9.58. The largest absolute Gasteiger partial charge is 0.357 e. The van der Waals surface area contributed by atoms with Gasteiger partial charge < -0.3 is 16.0 Å². The van der Waals surface area contributed by atoms with Crippen molar-refractivity contribution in [2.75, 3.05) is 39.3 Å². The Morgan fingerprint density at radius 3 is 2.72 bits per heavy atom. The number of carbonyl (C=O) groups is 2. The first kappa shape index (κ1) is 23.3. The molecule has 9 nitrogen and oxygen atoms in total. The highest BCUT2D eigenvalue weighted by Crippen LogP contribution is 2.13. The highest BCUT2D eigenvalue weighted by molar-refractivity contribution is 14.0. The Morgan fingerprint density at radius 1 is 1.31 bits per heavy atom. The molecule has 2 aliphatic rings. The van der Waals surface area contributed by atoms with Gasteiger partial charge in [-0.05, 0) is 31.9 Å². The average molecular weight is 515 g/mol. The first-order valence-corrected chi connectivity index (χ1v) is 9.91. The van der Waals surface area contributed by atoms with E-state index in [1.807, 2.05) is 25.3 Å². The van der Waals surface area contributed by atoms with E-state index in [0.29, 0.717) is 19.1 Å². The predicted molar refractivity (Wildman–Crippen MR) is 122 cm³/mol. The summed E-state index contributed by atoms with van der Waals surface area (Å²) < 4.78 is 0. The van der Waals surface area contributed by atoms with Gasteiger partial charge in [-0.25, -0.2) is 4.79 Å². The van der Waals surface area contributed by atoms with Gasteiger partial charge in [0.25, 0.3) is 0 Å². The number of rotatable bonds is 7. The number of likely N-dealkylation sites (tertiary alicyclic amines) is 1. The zero-order valence-corrected chi connectivity index (χ0v) is 19.1. The summed E-state index contributed by atoms with van der Waals surface area (Å²) in [5.41, 5.74) is 1.10. The van der Waals surface area contributed by atoms with Crippen molar-refractivity contribution >= 4 is 41.9 Å². The van der Waals surface area contributed by atoms with E-state index in [1.165, 1.54) is 4.90 Å². The Hall–Kier alpha value is -1.95. The van der Waals surface area contributed by atoms with Crippen LogP contribution in [0.15, 0.2) is 29.4 Å². The summed E-state index contributed by atoms with van der Waals surface area (Å²) in [5.74, 6) is 0.538. The molecule has 10 heteroatoms. The number of pyridine rings is 1. The van der Waals surface area contributed by atoms with Gasteiger partial charge in [0, 0.05) is 38.4 Å². The quantitative estimate of drug-likeness (QED) is 0.215. The molecule has 0 aliphatic carbocycles. The number of carbonyl (C=O) groups excluding carboxylic acids is 2. The third-order valence-electron chi connectivity index (χ3n) is 4.91. The van der Waals surface area contributed by atoms with Gasteiger partial charge in [0.05, 0.1) is 25.3 Å². The van der Waals surface area contributed by atoms with Crippen LogP contribution in [0.25, 0.3) is 0 Å². The van der Waals surface area contributed by atoms with Crippen molar-refractivity contribution in [1.29, 1.82) is 0 Å². The number of aromatic nitrogens is 1. The van der Waals surface area contributed by atoms with Crippen molar-refractivity contribution in [1.82, 2.24) is 30.7 Å². The van der Waals surface area contributed by atoms with Crippen LogP contribution < -0.4 is 16.0 Å². The van der Waals surface area contributed by atoms with E-state index in [2.05, 4.69) is 36.9 Å². The molecular formula is C19H30IN7O2. The SMILES string of the molecule is CCNC(=NCCN1C(=O)CNC1=O)NC1CCN(Cc2ccccn2)CC1.I. The van der Waals surface area contributed by atoms with Crippen molar-refractivity contribution in [2.45, 2.75) is 32.4 Å². The number of urea groups is 1. The van der Waals surface area contributed by atoms with Crippen molar-refractivity contribution < 1.29 is 9.59 Å². The van der Waals surface area contributed by atoms with Gasteiger partial charge in [0.15, 0.2) is 5.96 Å². The molecule has 2 saturated heterocycles. The molecule has 160 valence electrons. The molecule has 0 spiro atoms. The fourth-order valence-electron chi connectivity index (χ4n) is 3.41. The minimum atomic E-state index is -0.335. The molecule has 0 unspecified atom stereocenters. The Labute approximate surface area is 188 Å². The third-order valence-corrected chi connectivity index (χ3v) is 4.91. The maximum atomic E-state index is 11.6. The van der Waals surface area contributed by atoms with Crippen LogP contribution in [0.2, 0.25) is 0 Å². The van der Waals surface area contributed by atoms with Crippen LogP contribution in [0.1, 0.15) is 25.5 Å². The summed E-state index contributed by atoms with van der Waals surface area (Å²) in [7, 11) is 0. The monoisotopic (exact) mass is 515 g/mol. The van der Waals surface area contributed by atoms with Crippen LogP contribution in [0.3, 0.4) is 0 Å². The molecule has 0 atom stereocenters. The molecule has 2 fully saturated rings. The molecule has 0 saturated carbocycles. The average Bonchev–Trinajstić information content (AvgIpc) is 3.02. The molecule has 0 aromatic carbocycles. The fraction of sp³-hybridized carbons (Fsp3) is 0.579. The van der Waals surface area contributed by atoms with Crippen LogP contribution in [-0.4, -0.2) is 78.0 Å². The van der Waals surface area contributed by atoms with Crippen LogP contribution in [0, 0.1) is 0 Å². The number of nitrogens with zero attached hydrogens (tertiary/aromatic N) is 4. The van der Waals surface area contributed by atoms with Gasteiger partial charge in [-0.1, -0.05) is 6.07 Å². The van der Waals surface area contributed by atoms with Crippen LogP contribution in [0.5, 0.6) is 0 Å². The molecule has 3 rings (SSSR count). The second kappa shape index (κ2) is 11.9. The molecule has 0 radical (unpaired) electrons. The Bertz CT molecular complexity index is 677. The van der Waals surface area contributed by atoms with Crippen LogP contribution in [0.4, 0.5) is 4.79 Å². The Morgan fingerprint density at radius 2 is 2.10 bits per heavy atom. The van der Waals surface area contributed by atoms with E-state index >= 15 is 0 Å².